The quantitative estimate of drug-likeness (QED) is 0.917. The van der Waals surface area contributed by atoms with Crippen molar-refractivity contribution in [3.8, 4) is 11.5 Å². The van der Waals surface area contributed by atoms with Crippen molar-refractivity contribution in [1.82, 2.24) is 10.3 Å². The Kier molecular flexibility index (Phi) is 4.00. The van der Waals surface area contributed by atoms with Crippen molar-refractivity contribution >= 4 is 5.91 Å². The first kappa shape index (κ1) is 13.3. The Balaban J connectivity index is 2.30. The monoisotopic (exact) mass is 258 g/mol. The van der Waals surface area contributed by atoms with Crippen molar-refractivity contribution in [2.75, 3.05) is 7.05 Å². The van der Waals surface area contributed by atoms with Gasteiger partial charge in [-0.2, -0.15) is 0 Å². The molecule has 1 N–H and O–H groups in total. The summed E-state index contributed by atoms with van der Waals surface area (Å²) in [7, 11) is 1.63. The molecule has 100 valence electrons. The van der Waals surface area contributed by atoms with E-state index in [0.29, 0.717) is 11.5 Å². The van der Waals surface area contributed by atoms with Crippen LogP contribution in [-0.4, -0.2) is 17.9 Å². The molecule has 0 aliphatic carbocycles. The van der Waals surface area contributed by atoms with E-state index < -0.39 is 0 Å². The molecule has 4 nitrogen and oxygen atoms in total. The molecule has 1 amide bonds. The Bertz CT molecular complexity index is 588. The largest absolute Gasteiger partial charge is 0.444 e. The highest BCUT2D eigenvalue weighted by molar-refractivity contribution is 5.95. The lowest BCUT2D eigenvalue weighted by Crippen LogP contribution is -2.18. The van der Waals surface area contributed by atoms with Crippen LogP contribution in [0.5, 0.6) is 0 Å². The first-order chi connectivity index (χ1) is 9.15. The molecule has 1 aromatic heterocycles. The molecule has 0 saturated carbocycles. The van der Waals surface area contributed by atoms with E-state index in [4.69, 9.17) is 4.42 Å². The van der Waals surface area contributed by atoms with Gasteiger partial charge in [-0.05, 0) is 37.1 Å². The van der Waals surface area contributed by atoms with E-state index >= 15 is 0 Å². The third-order valence-corrected chi connectivity index (χ3v) is 3.00. The van der Waals surface area contributed by atoms with Crippen molar-refractivity contribution in [2.24, 2.45) is 0 Å². The second-order valence-electron chi connectivity index (χ2n) is 4.50. The van der Waals surface area contributed by atoms with Gasteiger partial charge in [-0.3, -0.25) is 4.79 Å². The Hall–Kier alpha value is -2.10. The molecule has 19 heavy (non-hydrogen) atoms. The molecule has 0 spiro atoms. The van der Waals surface area contributed by atoms with E-state index in [-0.39, 0.29) is 5.91 Å². The summed E-state index contributed by atoms with van der Waals surface area (Å²) in [5.74, 6) is 0.526. The SMILES string of the molecule is CCCc1coc(-c2ccc(C(=O)NC)c(C)c2)n1. The zero-order valence-corrected chi connectivity index (χ0v) is 11.5. The molecule has 1 heterocycles. The van der Waals surface area contributed by atoms with Crippen molar-refractivity contribution in [3.05, 3.63) is 41.3 Å². The fourth-order valence-electron chi connectivity index (χ4n) is 2.00. The number of amides is 1. The van der Waals surface area contributed by atoms with Crippen molar-refractivity contribution in [2.45, 2.75) is 26.7 Å². The van der Waals surface area contributed by atoms with Gasteiger partial charge in [0.15, 0.2) is 0 Å². The molecule has 0 aliphatic heterocycles. The highest BCUT2D eigenvalue weighted by Crippen LogP contribution is 2.22. The lowest BCUT2D eigenvalue weighted by Gasteiger charge is -2.05. The molecule has 2 rings (SSSR count). The summed E-state index contributed by atoms with van der Waals surface area (Å²) >= 11 is 0. The van der Waals surface area contributed by atoms with Gasteiger partial charge >= 0.3 is 0 Å². The number of carbonyl (C=O) groups is 1. The van der Waals surface area contributed by atoms with Gasteiger partial charge in [-0.1, -0.05) is 13.3 Å². The molecule has 0 fully saturated rings. The summed E-state index contributed by atoms with van der Waals surface area (Å²) in [4.78, 5) is 16.1. The predicted octanol–water partition coefficient (Wildman–Crippen LogP) is 2.96. The first-order valence-corrected chi connectivity index (χ1v) is 6.43. The van der Waals surface area contributed by atoms with Gasteiger partial charge in [-0.25, -0.2) is 4.98 Å². The van der Waals surface area contributed by atoms with Crippen LogP contribution >= 0.6 is 0 Å². The van der Waals surface area contributed by atoms with Crippen molar-refractivity contribution < 1.29 is 9.21 Å². The van der Waals surface area contributed by atoms with E-state index in [0.717, 1.165) is 29.7 Å². The second kappa shape index (κ2) is 5.69. The van der Waals surface area contributed by atoms with E-state index in [2.05, 4.69) is 17.2 Å². The minimum atomic E-state index is -0.0804. The number of aromatic nitrogens is 1. The van der Waals surface area contributed by atoms with E-state index in [1.165, 1.54) is 0 Å². The van der Waals surface area contributed by atoms with Crippen LogP contribution in [0.3, 0.4) is 0 Å². The summed E-state index contributed by atoms with van der Waals surface area (Å²) in [6, 6.07) is 5.58. The Morgan fingerprint density at radius 1 is 1.42 bits per heavy atom. The van der Waals surface area contributed by atoms with Crippen LogP contribution in [0.2, 0.25) is 0 Å². The maximum absolute atomic E-state index is 11.6. The van der Waals surface area contributed by atoms with Crippen LogP contribution in [0.15, 0.2) is 28.9 Å². The Morgan fingerprint density at radius 3 is 2.84 bits per heavy atom. The number of nitrogens with one attached hydrogen (secondary N) is 1. The summed E-state index contributed by atoms with van der Waals surface area (Å²) in [5, 5.41) is 2.62. The number of hydrogen-bond donors (Lipinski definition) is 1. The average Bonchev–Trinajstić information content (AvgIpc) is 2.87. The van der Waals surface area contributed by atoms with Crippen molar-refractivity contribution in [1.29, 1.82) is 0 Å². The molecule has 0 saturated heterocycles. The Labute approximate surface area is 112 Å². The van der Waals surface area contributed by atoms with Crippen LogP contribution in [0.4, 0.5) is 0 Å². The number of hydrogen-bond acceptors (Lipinski definition) is 3. The van der Waals surface area contributed by atoms with Gasteiger partial charge in [0.2, 0.25) is 5.89 Å². The smallest absolute Gasteiger partial charge is 0.251 e. The van der Waals surface area contributed by atoms with Crippen LogP contribution < -0.4 is 5.32 Å². The highest BCUT2D eigenvalue weighted by Gasteiger charge is 2.11. The number of nitrogens with zero attached hydrogens (tertiary/aromatic N) is 1. The number of benzene rings is 1. The summed E-state index contributed by atoms with van der Waals surface area (Å²) in [6.07, 6.45) is 3.65. The minimum Gasteiger partial charge on any atom is -0.444 e. The molecule has 0 aliphatic rings. The summed E-state index contributed by atoms with van der Waals surface area (Å²) < 4.78 is 5.47. The molecule has 1 aromatic carbocycles. The maximum Gasteiger partial charge on any atom is 0.251 e. The van der Waals surface area contributed by atoms with Crippen molar-refractivity contribution in [3.63, 3.8) is 0 Å². The number of rotatable bonds is 4. The lowest BCUT2D eigenvalue weighted by atomic mass is 10.0. The van der Waals surface area contributed by atoms with E-state index in [9.17, 15) is 4.79 Å². The molecule has 0 atom stereocenters. The van der Waals surface area contributed by atoms with Crippen LogP contribution in [0.25, 0.3) is 11.5 Å². The highest BCUT2D eigenvalue weighted by atomic mass is 16.3. The van der Waals surface area contributed by atoms with E-state index in [1.54, 1.807) is 19.4 Å². The van der Waals surface area contributed by atoms with E-state index in [1.807, 2.05) is 19.1 Å². The average molecular weight is 258 g/mol. The fraction of sp³-hybridized carbons (Fsp3) is 0.333. The van der Waals surface area contributed by atoms with Crippen LogP contribution in [0.1, 0.15) is 35.0 Å². The van der Waals surface area contributed by atoms with Crippen LogP contribution in [-0.2, 0) is 6.42 Å². The third kappa shape index (κ3) is 2.84. The maximum atomic E-state index is 11.6. The molecule has 0 radical (unpaired) electrons. The lowest BCUT2D eigenvalue weighted by molar-refractivity contribution is 0.0962. The zero-order valence-electron chi connectivity index (χ0n) is 11.5. The summed E-state index contributed by atoms with van der Waals surface area (Å²) in [5.41, 5.74) is 3.44. The second-order valence-corrected chi connectivity index (χ2v) is 4.50. The van der Waals surface area contributed by atoms with Gasteiger partial charge in [0.1, 0.15) is 6.26 Å². The molecule has 4 heteroatoms. The van der Waals surface area contributed by atoms with Crippen LogP contribution in [0, 0.1) is 6.92 Å². The molecule has 2 aromatic rings. The number of aryl methyl sites for hydroxylation is 2. The topological polar surface area (TPSA) is 55.1 Å². The van der Waals surface area contributed by atoms with Gasteiger partial charge < -0.3 is 9.73 Å². The number of carbonyl (C=O) groups excluding carboxylic acids is 1. The number of oxazole rings is 1. The predicted molar refractivity (Wildman–Crippen MR) is 74.1 cm³/mol. The molecular weight excluding hydrogens is 240 g/mol. The van der Waals surface area contributed by atoms with Gasteiger partial charge in [0, 0.05) is 18.2 Å². The zero-order chi connectivity index (χ0) is 13.8. The molecule has 0 unspecified atom stereocenters. The third-order valence-electron chi connectivity index (χ3n) is 3.00. The molecule has 0 bridgehead atoms. The first-order valence-electron chi connectivity index (χ1n) is 6.43. The summed E-state index contributed by atoms with van der Waals surface area (Å²) in [6.45, 7) is 4.01. The normalized spacial score (nSPS) is 10.5. The Morgan fingerprint density at radius 2 is 2.21 bits per heavy atom. The standard InChI is InChI=1S/C15H18N2O2/c1-4-5-12-9-19-15(17-12)11-6-7-13(10(2)8-11)14(18)16-3/h6-9H,4-5H2,1-3H3,(H,16,18). The van der Waals surface area contributed by atoms with Gasteiger partial charge in [0.25, 0.3) is 5.91 Å². The van der Waals surface area contributed by atoms with Gasteiger partial charge in [0.05, 0.1) is 5.69 Å². The van der Waals surface area contributed by atoms with Gasteiger partial charge in [-0.15, -0.1) is 0 Å². The minimum absolute atomic E-state index is 0.0804. The molecular formula is C15H18N2O2. The fourth-order valence-corrected chi connectivity index (χ4v) is 2.00.